The number of carbonyl (C=O) groups excluding carboxylic acids is 2. The molecule has 0 spiro atoms. The van der Waals surface area contributed by atoms with E-state index in [2.05, 4.69) is 10.0 Å². The summed E-state index contributed by atoms with van der Waals surface area (Å²) in [6.45, 7) is 3.97. The van der Waals surface area contributed by atoms with Gasteiger partial charge < -0.3 is 10.2 Å². The molecule has 160 valence electrons. The Bertz CT molecular complexity index is 1020. The van der Waals surface area contributed by atoms with Gasteiger partial charge in [-0.15, -0.1) is 0 Å². The number of hydrogen-bond acceptors (Lipinski definition) is 4. The fourth-order valence-corrected chi connectivity index (χ4v) is 4.58. The molecular weight excluding hydrogens is 426 g/mol. The van der Waals surface area contributed by atoms with Crippen LogP contribution in [0.4, 0.5) is 11.4 Å². The Morgan fingerprint density at radius 3 is 2.40 bits per heavy atom. The highest BCUT2D eigenvalue weighted by Crippen LogP contribution is 2.27. The molecular formula is C21H24ClN3O4S. The van der Waals surface area contributed by atoms with Crippen molar-refractivity contribution in [2.45, 2.75) is 37.6 Å². The maximum absolute atomic E-state index is 12.6. The Balaban J connectivity index is 1.63. The van der Waals surface area contributed by atoms with Crippen molar-refractivity contribution in [3.05, 3.63) is 53.6 Å². The van der Waals surface area contributed by atoms with Gasteiger partial charge in [-0.05, 0) is 61.9 Å². The van der Waals surface area contributed by atoms with E-state index in [-0.39, 0.29) is 35.7 Å². The Labute approximate surface area is 181 Å². The summed E-state index contributed by atoms with van der Waals surface area (Å²) in [6, 6.07) is 12.7. The van der Waals surface area contributed by atoms with Gasteiger partial charge in [0.25, 0.3) is 0 Å². The highest BCUT2D eigenvalue weighted by molar-refractivity contribution is 7.89. The summed E-state index contributed by atoms with van der Waals surface area (Å²) >= 11 is 5.89. The number of benzene rings is 2. The number of hydrogen-bond donors (Lipinski definition) is 2. The van der Waals surface area contributed by atoms with Crippen molar-refractivity contribution in [2.75, 3.05) is 16.8 Å². The first-order valence-corrected chi connectivity index (χ1v) is 11.5. The van der Waals surface area contributed by atoms with E-state index in [1.165, 1.54) is 24.3 Å². The van der Waals surface area contributed by atoms with E-state index in [0.717, 1.165) is 0 Å². The maximum Gasteiger partial charge on any atom is 0.240 e. The molecule has 30 heavy (non-hydrogen) atoms. The number of nitrogens with one attached hydrogen (secondary N) is 2. The molecule has 1 saturated heterocycles. The van der Waals surface area contributed by atoms with Crippen LogP contribution in [0.25, 0.3) is 0 Å². The molecule has 0 saturated carbocycles. The number of sulfonamides is 1. The second-order valence-corrected chi connectivity index (χ2v) is 9.48. The van der Waals surface area contributed by atoms with Gasteiger partial charge in [0.15, 0.2) is 0 Å². The van der Waals surface area contributed by atoms with Crippen LogP contribution < -0.4 is 14.9 Å². The molecule has 0 unspecified atom stereocenters. The summed E-state index contributed by atoms with van der Waals surface area (Å²) < 4.78 is 27.2. The van der Waals surface area contributed by atoms with Gasteiger partial charge >= 0.3 is 0 Å². The maximum atomic E-state index is 12.6. The van der Waals surface area contributed by atoms with E-state index < -0.39 is 15.9 Å². The second kappa shape index (κ2) is 9.16. The summed E-state index contributed by atoms with van der Waals surface area (Å²) in [5.41, 5.74) is 1.17. The van der Waals surface area contributed by atoms with Crippen LogP contribution in [-0.2, 0) is 19.6 Å². The number of amides is 2. The first-order chi connectivity index (χ1) is 14.2. The Kier molecular flexibility index (Phi) is 6.80. The van der Waals surface area contributed by atoms with E-state index >= 15 is 0 Å². The predicted octanol–water partition coefficient (Wildman–Crippen LogP) is 3.41. The summed E-state index contributed by atoms with van der Waals surface area (Å²) in [7, 11) is -3.60. The molecule has 7 nitrogen and oxygen atoms in total. The number of carbonyl (C=O) groups is 2. The lowest BCUT2D eigenvalue weighted by atomic mass is 10.1. The highest BCUT2D eigenvalue weighted by atomic mass is 35.5. The predicted molar refractivity (Wildman–Crippen MR) is 117 cm³/mol. The van der Waals surface area contributed by atoms with Crippen LogP contribution >= 0.6 is 11.6 Å². The van der Waals surface area contributed by atoms with E-state index in [1.54, 1.807) is 36.1 Å². The van der Waals surface area contributed by atoms with Crippen molar-refractivity contribution in [1.29, 1.82) is 0 Å². The fourth-order valence-electron chi connectivity index (χ4n) is 3.13. The van der Waals surface area contributed by atoms with E-state index in [9.17, 15) is 18.0 Å². The third-order valence-corrected chi connectivity index (χ3v) is 6.89. The lowest BCUT2D eigenvalue weighted by Gasteiger charge is -2.17. The molecule has 2 aromatic carbocycles. The minimum Gasteiger partial charge on any atom is -0.326 e. The number of halogens is 1. The number of nitrogens with zero attached hydrogens (tertiary/aromatic N) is 1. The van der Waals surface area contributed by atoms with Crippen LogP contribution in [-0.4, -0.2) is 32.8 Å². The molecule has 2 aromatic rings. The van der Waals surface area contributed by atoms with Gasteiger partial charge in [-0.3, -0.25) is 9.59 Å². The van der Waals surface area contributed by atoms with Crippen molar-refractivity contribution in [3.63, 3.8) is 0 Å². The minimum absolute atomic E-state index is 0.111. The number of anilines is 2. The fraction of sp³-hybridized carbons (Fsp3) is 0.333. The van der Waals surface area contributed by atoms with Crippen molar-refractivity contribution in [3.8, 4) is 0 Å². The van der Waals surface area contributed by atoms with Crippen LogP contribution in [0.3, 0.4) is 0 Å². The quantitative estimate of drug-likeness (QED) is 0.677. The van der Waals surface area contributed by atoms with Gasteiger partial charge in [0, 0.05) is 35.4 Å². The summed E-state index contributed by atoms with van der Waals surface area (Å²) in [5.74, 6) is -0.910. The lowest BCUT2D eigenvalue weighted by Crippen LogP contribution is -2.32. The van der Waals surface area contributed by atoms with Gasteiger partial charge in [0.05, 0.1) is 10.8 Å². The molecule has 0 bridgehead atoms. The monoisotopic (exact) mass is 449 g/mol. The third kappa shape index (κ3) is 5.19. The molecule has 1 fully saturated rings. The van der Waals surface area contributed by atoms with Crippen molar-refractivity contribution in [1.82, 2.24) is 4.72 Å². The standard InChI is InChI=1S/C21H24ClN3O4S/c1-3-14(2)24-30(28,29)19-10-6-17(7-11-19)23-21(27)15-12-20(26)25(13-15)18-8-4-16(22)5-9-18/h4-11,14-15,24H,3,12-13H2,1-2H3,(H,23,27)/t14-,15-/m1/s1. The Hall–Kier alpha value is -2.42. The minimum atomic E-state index is -3.60. The first-order valence-electron chi connectivity index (χ1n) is 9.69. The number of rotatable bonds is 7. The molecule has 2 amide bonds. The van der Waals surface area contributed by atoms with E-state index in [1.807, 2.05) is 6.92 Å². The second-order valence-electron chi connectivity index (χ2n) is 7.33. The summed E-state index contributed by atoms with van der Waals surface area (Å²) in [5, 5.41) is 3.34. The molecule has 3 rings (SSSR count). The first kappa shape index (κ1) is 22.3. The zero-order valence-electron chi connectivity index (χ0n) is 16.8. The normalized spacial score (nSPS) is 17.8. The smallest absolute Gasteiger partial charge is 0.240 e. The van der Waals surface area contributed by atoms with Crippen molar-refractivity contribution in [2.24, 2.45) is 5.92 Å². The van der Waals surface area contributed by atoms with Gasteiger partial charge in [0.2, 0.25) is 21.8 Å². The molecule has 0 aliphatic carbocycles. The summed E-state index contributed by atoms with van der Waals surface area (Å²) in [6.07, 6.45) is 0.792. The van der Waals surface area contributed by atoms with Gasteiger partial charge in [-0.1, -0.05) is 18.5 Å². The highest BCUT2D eigenvalue weighted by Gasteiger charge is 2.35. The topological polar surface area (TPSA) is 95.6 Å². The molecule has 0 aromatic heterocycles. The zero-order valence-corrected chi connectivity index (χ0v) is 18.3. The van der Waals surface area contributed by atoms with Gasteiger partial charge in [0.1, 0.15) is 0 Å². The Morgan fingerprint density at radius 2 is 1.80 bits per heavy atom. The zero-order chi connectivity index (χ0) is 21.9. The molecule has 1 aliphatic heterocycles. The summed E-state index contributed by atoms with van der Waals surface area (Å²) in [4.78, 5) is 26.6. The van der Waals surface area contributed by atoms with Crippen molar-refractivity contribution >= 4 is 44.8 Å². The largest absolute Gasteiger partial charge is 0.326 e. The average molecular weight is 450 g/mol. The third-order valence-electron chi connectivity index (χ3n) is 5.03. The van der Waals surface area contributed by atoms with Crippen LogP contribution in [0, 0.1) is 5.92 Å². The van der Waals surface area contributed by atoms with Gasteiger partial charge in [-0.2, -0.15) is 0 Å². The molecule has 2 atom stereocenters. The Morgan fingerprint density at radius 1 is 1.17 bits per heavy atom. The SMILES string of the molecule is CC[C@@H](C)NS(=O)(=O)c1ccc(NC(=O)[C@@H]2CC(=O)N(c3ccc(Cl)cc3)C2)cc1. The van der Waals surface area contributed by atoms with Gasteiger partial charge in [-0.25, -0.2) is 13.1 Å². The van der Waals surface area contributed by atoms with Crippen LogP contribution in [0.5, 0.6) is 0 Å². The van der Waals surface area contributed by atoms with E-state index in [4.69, 9.17) is 11.6 Å². The van der Waals surface area contributed by atoms with E-state index in [0.29, 0.717) is 22.8 Å². The van der Waals surface area contributed by atoms with Crippen molar-refractivity contribution < 1.29 is 18.0 Å². The molecule has 9 heteroatoms. The van der Waals surface area contributed by atoms with Crippen LogP contribution in [0.2, 0.25) is 5.02 Å². The average Bonchev–Trinajstić information content (AvgIpc) is 3.10. The molecule has 1 heterocycles. The molecule has 0 radical (unpaired) electrons. The van der Waals surface area contributed by atoms with Crippen LogP contribution in [0.1, 0.15) is 26.7 Å². The van der Waals surface area contributed by atoms with Crippen LogP contribution in [0.15, 0.2) is 53.4 Å². The molecule has 2 N–H and O–H groups in total. The molecule has 1 aliphatic rings. The lowest BCUT2D eigenvalue weighted by molar-refractivity contribution is -0.122.